The highest BCUT2D eigenvalue weighted by atomic mass is 32.2. The summed E-state index contributed by atoms with van der Waals surface area (Å²) >= 11 is 0. The quantitative estimate of drug-likeness (QED) is 0.841. The zero-order valence-electron chi connectivity index (χ0n) is 11.7. The largest absolute Gasteiger partial charge is 0.489 e. The van der Waals surface area contributed by atoms with Gasteiger partial charge < -0.3 is 4.74 Å². The Balaban J connectivity index is 1.86. The van der Waals surface area contributed by atoms with Crippen LogP contribution in [0.1, 0.15) is 26.7 Å². The van der Waals surface area contributed by atoms with Crippen LogP contribution in [0, 0.1) is 11.7 Å². The van der Waals surface area contributed by atoms with Gasteiger partial charge in [-0.05, 0) is 30.9 Å². The second-order valence-corrected chi connectivity index (χ2v) is 7.35. The van der Waals surface area contributed by atoms with Crippen molar-refractivity contribution in [2.75, 3.05) is 12.4 Å². The normalized spacial score (nSPS) is 17.2. The van der Waals surface area contributed by atoms with Crippen LogP contribution >= 0.6 is 0 Å². The molecule has 0 atom stereocenters. The van der Waals surface area contributed by atoms with Gasteiger partial charge in [0, 0.05) is 5.54 Å². The minimum atomic E-state index is -3.40. The molecule has 112 valence electrons. The molecular weight excluding hydrogens is 281 g/mol. The van der Waals surface area contributed by atoms with Crippen LogP contribution in [0.4, 0.5) is 4.39 Å². The zero-order valence-corrected chi connectivity index (χ0v) is 12.5. The maximum Gasteiger partial charge on any atom is 0.215 e. The third-order valence-electron chi connectivity index (χ3n) is 3.70. The monoisotopic (exact) mass is 301 g/mol. The summed E-state index contributed by atoms with van der Waals surface area (Å²) in [5.41, 5.74) is -0.281. The molecule has 0 unspecified atom stereocenters. The number of halogens is 1. The Morgan fingerprint density at radius 3 is 2.55 bits per heavy atom. The molecule has 0 bridgehead atoms. The average Bonchev–Trinajstić information content (AvgIpc) is 3.12. The Labute approximate surface area is 119 Å². The van der Waals surface area contributed by atoms with Crippen LogP contribution < -0.4 is 9.46 Å². The lowest BCUT2D eigenvalue weighted by Crippen LogP contribution is -2.42. The SMILES string of the molecule is CC(C)C1(NS(=O)(=O)CCOc2ccccc2F)CC1. The van der Waals surface area contributed by atoms with E-state index < -0.39 is 15.8 Å². The first-order valence-electron chi connectivity index (χ1n) is 6.74. The highest BCUT2D eigenvalue weighted by molar-refractivity contribution is 7.89. The van der Waals surface area contributed by atoms with E-state index in [0.717, 1.165) is 12.8 Å². The van der Waals surface area contributed by atoms with E-state index in [9.17, 15) is 12.8 Å². The lowest BCUT2D eigenvalue weighted by Gasteiger charge is -2.21. The summed E-state index contributed by atoms with van der Waals surface area (Å²) in [6.45, 7) is 3.95. The second-order valence-electron chi connectivity index (χ2n) is 5.51. The first-order valence-corrected chi connectivity index (χ1v) is 8.39. The van der Waals surface area contributed by atoms with E-state index in [1.165, 1.54) is 12.1 Å². The lowest BCUT2D eigenvalue weighted by atomic mass is 10.0. The average molecular weight is 301 g/mol. The van der Waals surface area contributed by atoms with Crippen molar-refractivity contribution in [1.82, 2.24) is 4.72 Å². The molecule has 1 saturated carbocycles. The van der Waals surface area contributed by atoms with Gasteiger partial charge in [0.25, 0.3) is 0 Å². The van der Waals surface area contributed by atoms with Gasteiger partial charge in [-0.1, -0.05) is 26.0 Å². The summed E-state index contributed by atoms with van der Waals surface area (Å²) in [5.74, 6) is -0.313. The summed E-state index contributed by atoms with van der Waals surface area (Å²) in [4.78, 5) is 0. The fraction of sp³-hybridized carbons (Fsp3) is 0.571. The zero-order chi connectivity index (χ0) is 14.8. The van der Waals surface area contributed by atoms with Crippen LogP contribution in [0.3, 0.4) is 0 Å². The number of sulfonamides is 1. The molecule has 0 radical (unpaired) electrons. The van der Waals surface area contributed by atoms with Crippen molar-refractivity contribution < 1.29 is 17.5 Å². The van der Waals surface area contributed by atoms with Gasteiger partial charge in [0.05, 0.1) is 5.75 Å². The van der Waals surface area contributed by atoms with Gasteiger partial charge in [-0.15, -0.1) is 0 Å². The Morgan fingerprint density at radius 2 is 2.00 bits per heavy atom. The van der Waals surface area contributed by atoms with Gasteiger partial charge in [-0.25, -0.2) is 17.5 Å². The molecule has 2 rings (SSSR count). The molecule has 1 fully saturated rings. The molecule has 1 aliphatic carbocycles. The third kappa shape index (κ3) is 3.70. The standard InChI is InChI=1S/C14H20FNO3S/c1-11(2)14(7-8-14)16-20(17,18)10-9-19-13-6-4-3-5-12(13)15/h3-6,11,16H,7-10H2,1-2H3. The number of benzene rings is 1. The van der Waals surface area contributed by atoms with Gasteiger partial charge in [-0.3, -0.25) is 0 Å². The molecule has 0 heterocycles. The van der Waals surface area contributed by atoms with E-state index in [4.69, 9.17) is 4.74 Å². The smallest absolute Gasteiger partial charge is 0.215 e. The van der Waals surface area contributed by atoms with Crippen LogP contribution in [-0.2, 0) is 10.0 Å². The van der Waals surface area contributed by atoms with Gasteiger partial charge in [0.2, 0.25) is 10.0 Å². The summed E-state index contributed by atoms with van der Waals surface area (Å²) in [7, 11) is -3.40. The molecule has 0 aromatic heterocycles. The summed E-state index contributed by atoms with van der Waals surface area (Å²) in [6, 6.07) is 5.95. The minimum absolute atomic E-state index is 0.0650. The molecule has 20 heavy (non-hydrogen) atoms. The van der Waals surface area contributed by atoms with Gasteiger partial charge >= 0.3 is 0 Å². The molecule has 1 aromatic rings. The van der Waals surface area contributed by atoms with Gasteiger partial charge in [-0.2, -0.15) is 0 Å². The van der Waals surface area contributed by atoms with Crippen LogP contribution in [0.25, 0.3) is 0 Å². The number of rotatable bonds is 7. The van der Waals surface area contributed by atoms with Gasteiger partial charge in [0.15, 0.2) is 11.6 Å². The van der Waals surface area contributed by atoms with Crippen molar-refractivity contribution in [3.05, 3.63) is 30.1 Å². The van der Waals surface area contributed by atoms with E-state index in [1.54, 1.807) is 12.1 Å². The van der Waals surface area contributed by atoms with Crippen LogP contribution in [-0.4, -0.2) is 26.3 Å². The van der Waals surface area contributed by atoms with Crippen molar-refractivity contribution in [1.29, 1.82) is 0 Å². The van der Waals surface area contributed by atoms with Crippen molar-refractivity contribution >= 4 is 10.0 Å². The Kier molecular flexibility index (Phi) is 4.34. The van der Waals surface area contributed by atoms with Crippen molar-refractivity contribution in [2.45, 2.75) is 32.2 Å². The Morgan fingerprint density at radius 1 is 1.35 bits per heavy atom. The second kappa shape index (κ2) is 5.69. The van der Waals surface area contributed by atoms with E-state index in [-0.39, 0.29) is 29.6 Å². The van der Waals surface area contributed by atoms with E-state index in [2.05, 4.69) is 4.72 Å². The molecule has 1 aliphatic rings. The number of nitrogens with one attached hydrogen (secondary N) is 1. The molecular formula is C14H20FNO3S. The van der Waals surface area contributed by atoms with Crippen molar-refractivity contribution in [3.63, 3.8) is 0 Å². The van der Waals surface area contributed by atoms with Crippen LogP contribution in [0.5, 0.6) is 5.75 Å². The van der Waals surface area contributed by atoms with Crippen LogP contribution in [0.15, 0.2) is 24.3 Å². The van der Waals surface area contributed by atoms with E-state index in [0.29, 0.717) is 0 Å². The fourth-order valence-electron chi connectivity index (χ4n) is 2.12. The maximum absolute atomic E-state index is 13.3. The van der Waals surface area contributed by atoms with Gasteiger partial charge in [0.1, 0.15) is 6.61 Å². The molecule has 0 saturated heterocycles. The summed E-state index contributed by atoms with van der Waals surface area (Å²) in [5, 5.41) is 0. The van der Waals surface area contributed by atoms with Crippen LogP contribution in [0.2, 0.25) is 0 Å². The van der Waals surface area contributed by atoms with E-state index in [1.807, 2.05) is 13.8 Å². The number of hydrogen-bond donors (Lipinski definition) is 1. The number of ether oxygens (including phenoxy) is 1. The summed E-state index contributed by atoms with van der Waals surface area (Å²) < 4.78 is 45.2. The topological polar surface area (TPSA) is 55.4 Å². The first kappa shape index (κ1) is 15.3. The minimum Gasteiger partial charge on any atom is -0.489 e. The molecule has 0 aliphatic heterocycles. The number of hydrogen-bond acceptors (Lipinski definition) is 3. The molecule has 1 aromatic carbocycles. The van der Waals surface area contributed by atoms with Crippen molar-refractivity contribution in [3.8, 4) is 5.75 Å². The summed E-state index contributed by atoms with van der Waals surface area (Å²) in [6.07, 6.45) is 1.75. The number of para-hydroxylation sites is 1. The predicted octanol–water partition coefficient (Wildman–Crippen LogP) is 2.31. The molecule has 0 amide bonds. The first-order chi connectivity index (χ1) is 9.35. The molecule has 0 spiro atoms. The molecule has 6 heteroatoms. The maximum atomic E-state index is 13.3. The fourth-order valence-corrected chi connectivity index (χ4v) is 3.58. The van der Waals surface area contributed by atoms with E-state index >= 15 is 0 Å². The van der Waals surface area contributed by atoms with Crippen molar-refractivity contribution in [2.24, 2.45) is 5.92 Å². The highest BCUT2D eigenvalue weighted by Crippen LogP contribution is 2.42. The molecule has 4 nitrogen and oxygen atoms in total. The Bertz CT molecular complexity index is 568. The Hall–Kier alpha value is -1.14. The molecule has 1 N–H and O–H groups in total. The highest BCUT2D eigenvalue weighted by Gasteiger charge is 2.48. The predicted molar refractivity (Wildman–Crippen MR) is 75.6 cm³/mol. The lowest BCUT2D eigenvalue weighted by molar-refractivity contribution is 0.321. The third-order valence-corrected chi connectivity index (χ3v) is 5.12.